The van der Waals surface area contributed by atoms with Gasteiger partial charge >= 0.3 is 5.97 Å². The van der Waals surface area contributed by atoms with Crippen molar-refractivity contribution in [1.29, 1.82) is 0 Å². The van der Waals surface area contributed by atoms with Crippen molar-refractivity contribution in [2.45, 2.75) is 25.3 Å². The molecular formula is C9H9N5O3. The van der Waals surface area contributed by atoms with Gasteiger partial charge in [-0.25, -0.2) is 9.48 Å². The highest BCUT2D eigenvalue weighted by atomic mass is 16.5. The second-order valence-corrected chi connectivity index (χ2v) is 3.91. The number of hydrogen-bond donors (Lipinski definition) is 1. The predicted molar refractivity (Wildman–Crippen MR) is 52.4 cm³/mol. The summed E-state index contributed by atoms with van der Waals surface area (Å²) < 4.78 is 6.15. The summed E-state index contributed by atoms with van der Waals surface area (Å²) in [6.45, 7) is 0.280. The number of aromatic nitrogens is 5. The Kier molecular flexibility index (Phi) is 2.13. The molecule has 1 aliphatic carbocycles. The predicted octanol–water partition coefficient (Wildman–Crippen LogP) is 0.285. The molecule has 0 aromatic carbocycles. The SMILES string of the molecule is O=C(O)c1nnn(Cc2ncon2)c1C1CC1. The molecular weight excluding hydrogens is 226 g/mol. The molecule has 1 N–H and O–H groups in total. The number of carboxylic acid groups (broad SMARTS) is 1. The molecule has 8 nitrogen and oxygen atoms in total. The summed E-state index contributed by atoms with van der Waals surface area (Å²) in [7, 11) is 0. The molecule has 0 atom stereocenters. The van der Waals surface area contributed by atoms with E-state index in [0.29, 0.717) is 11.5 Å². The van der Waals surface area contributed by atoms with E-state index < -0.39 is 5.97 Å². The van der Waals surface area contributed by atoms with Crippen LogP contribution in [0.4, 0.5) is 0 Å². The summed E-state index contributed by atoms with van der Waals surface area (Å²) in [5, 5.41) is 20.2. The van der Waals surface area contributed by atoms with E-state index in [1.54, 1.807) is 0 Å². The minimum Gasteiger partial charge on any atom is -0.476 e. The first-order valence-corrected chi connectivity index (χ1v) is 5.17. The van der Waals surface area contributed by atoms with E-state index in [0.717, 1.165) is 12.8 Å². The second kappa shape index (κ2) is 3.65. The van der Waals surface area contributed by atoms with Crippen LogP contribution in [0.3, 0.4) is 0 Å². The van der Waals surface area contributed by atoms with Crippen molar-refractivity contribution >= 4 is 5.97 Å². The molecule has 0 spiro atoms. The van der Waals surface area contributed by atoms with Crippen LogP contribution in [-0.2, 0) is 6.54 Å². The maximum Gasteiger partial charge on any atom is 0.358 e. The van der Waals surface area contributed by atoms with Gasteiger partial charge in [-0.15, -0.1) is 5.10 Å². The van der Waals surface area contributed by atoms with Gasteiger partial charge in [0.15, 0.2) is 11.5 Å². The van der Waals surface area contributed by atoms with Gasteiger partial charge in [0.2, 0.25) is 6.39 Å². The Morgan fingerprint density at radius 1 is 1.59 bits per heavy atom. The third kappa shape index (κ3) is 1.77. The molecule has 8 heteroatoms. The van der Waals surface area contributed by atoms with Crippen LogP contribution in [0.25, 0.3) is 0 Å². The number of nitrogens with zero attached hydrogens (tertiary/aromatic N) is 5. The number of aromatic carboxylic acids is 1. The summed E-state index contributed by atoms with van der Waals surface area (Å²) in [6.07, 6.45) is 3.17. The third-order valence-electron chi connectivity index (χ3n) is 2.64. The molecule has 1 fully saturated rings. The molecule has 2 heterocycles. The Balaban J connectivity index is 1.96. The lowest BCUT2D eigenvalue weighted by atomic mass is 10.2. The monoisotopic (exact) mass is 235 g/mol. The molecule has 3 rings (SSSR count). The zero-order chi connectivity index (χ0) is 11.8. The lowest BCUT2D eigenvalue weighted by Gasteiger charge is -2.02. The first-order valence-electron chi connectivity index (χ1n) is 5.17. The Bertz CT molecular complexity index is 543. The van der Waals surface area contributed by atoms with Crippen molar-refractivity contribution in [3.8, 4) is 0 Å². The van der Waals surface area contributed by atoms with Gasteiger partial charge in [-0.1, -0.05) is 10.4 Å². The normalized spacial score (nSPS) is 15.1. The molecule has 0 aliphatic heterocycles. The largest absolute Gasteiger partial charge is 0.476 e. The first kappa shape index (κ1) is 9.94. The van der Waals surface area contributed by atoms with Crippen LogP contribution in [0.1, 0.15) is 40.8 Å². The Morgan fingerprint density at radius 3 is 3.00 bits per heavy atom. The van der Waals surface area contributed by atoms with E-state index >= 15 is 0 Å². The fourth-order valence-corrected chi connectivity index (χ4v) is 1.75. The maximum atomic E-state index is 11.0. The van der Waals surface area contributed by atoms with E-state index in [9.17, 15) is 4.79 Å². The third-order valence-corrected chi connectivity index (χ3v) is 2.64. The van der Waals surface area contributed by atoms with Crippen molar-refractivity contribution in [1.82, 2.24) is 25.1 Å². The van der Waals surface area contributed by atoms with Crippen LogP contribution in [0.5, 0.6) is 0 Å². The highest BCUT2D eigenvalue weighted by Crippen LogP contribution is 2.41. The van der Waals surface area contributed by atoms with Gasteiger partial charge in [-0.3, -0.25) is 0 Å². The number of carboxylic acids is 1. The van der Waals surface area contributed by atoms with E-state index in [4.69, 9.17) is 5.11 Å². The standard InChI is InChI=1S/C9H9N5O3/c15-9(16)7-8(5-1-2-5)14(13-11-7)3-6-10-4-17-12-6/h4-5H,1-3H2,(H,15,16). The lowest BCUT2D eigenvalue weighted by molar-refractivity contribution is 0.0689. The van der Waals surface area contributed by atoms with Crippen LogP contribution in [0, 0.1) is 0 Å². The molecule has 2 aromatic rings. The van der Waals surface area contributed by atoms with E-state index in [1.807, 2.05) is 0 Å². The average Bonchev–Trinajstić information content (AvgIpc) is 2.85. The fourth-order valence-electron chi connectivity index (χ4n) is 1.75. The van der Waals surface area contributed by atoms with E-state index in [2.05, 4.69) is 25.0 Å². The average molecular weight is 235 g/mol. The molecule has 2 aromatic heterocycles. The van der Waals surface area contributed by atoms with Gasteiger partial charge in [0.05, 0.1) is 5.69 Å². The van der Waals surface area contributed by atoms with E-state index in [-0.39, 0.29) is 18.2 Å². The summed E-state index contributed by atoms with van der Waals surface area (Å²) in [6, 6.07) is 0. The van der Waals surface area contributed by atoms with Crippen LogP contribution < -0.4 is 0 Å². The maximum absolute atomic E-state index is 11.0. The molecule has 0 bridgehead atoms. The molecule has 0 saturated heterocycles. The quantitative estimate of drug-likeness (QED) is 0.811. The molecule has 1 aliphatic rings. The zero-order valence-corrected chi connectivity index (χ0v) is 8.78. The summed E-state index contributed by atoms with van der Waals surface area (Å²) in [5.41, 5.74) is 0.679. The fraction of sp³-hybridized carbons (Fsp3) is 0.444. The summed E-state index contributed by atoms with van der Waals surface area (Å²) in [4.78, 5) is 14.9. The van der Waals surface area contributed by atoms with Gasteiger partial charge in [-0.2, -0.15) is 4.98 Å². The molecule has 88 valence electrons. The van der Waals surface area contributed by atoms with Crippen LogP contribution in [0.15, 0.2) is 10.9 Å². The Hall–Kier alpha value is -2.25. The molecule has 0 unspecified atom stereocenters. The van der Waals surface area contributed by atoms with Crippen molar-refractivity contribution in [2.24, 2.45) is 0 Å². The van der Waals surface area contributed by atoms with Gasteiger partial charge in [-0.05, 0) is 12.8 Å². The number of carbonyl (C=O) groups is 1. The Labute approximate surface area is 95.2 Å². The van der Waals surface area contributed by atoms with Gasteiger partial charge in [0.1, 0.15) is 6.54 Å². The highest BCUT2D eigenvalue weighted by Gasteiger charge is 2.33. The van der Waals surface area contributed by atoms with Gasteiger partial charge in [0.25, 0.3) is 0 Å². The van der Waals surface area contributed by atoms with Crippen LogP contribution in [0.2, 0.25) is 0 Å². The van der Waals surface area contributed by atoms with Crippen LogP contribution >= 0.6 is 0 Å². The van der Waals surface area contributed by atoms with Gasteiger partial charge < -0.3 is 9.63 Å². The number of rotatable bonds is 4. The van der Waals surface area contributed by atoms with E-state index in [1.165, 1.54) is 11.1 Å². The molecule has 0 radical (unpaired) electrons. The Morgan fingerprint density at radius 2 is 2.41 bits per heavy atom. The summed E-state index contributed by atoms with van der Waals surface area (Å²) >= 11 is 0. The molecule has 0 amide bonds. The highest BCUT2D eigenvalue weighted by molar-refractivity contribution is 5.86. The lowest BCUT2D eigenvalue weighted by Crippen LogP contribution is -2.09. The zero-order valence-electron chi connectivity index (χ0n) is 8.78. The number of hydrogen-bond acceptors (Lipinski definition) is 6. The topological polar surface area (TPSA) is 107 Å². The van der Waals surface area contributed by atoms with Crippen LogP contribution in [-0.4, -0.2) is 36.2 Å². The second-order valence-electron chi connectivity index (χ2n) is 3.91. The minimum atomic E-state index is -1.05. The van der Waals surface area contributed by atoms with Gasteiger partial charge in [0, 0.05) is 5.92 Å². The van der Waals surface area contributed by atoms with Crippen molar-refractivity contribution < 1.29 is 14.4 Å². The van der Waals surface area contributed by atoms with Crippen molar-refractivity contribution in [3.05, 3.63) is 23.6 Å². The first-order chi connectivity index (χ1) is 8.25. The smallest absolute Gasteiger partial charge is 0.358 e. The van der Waals surface area contributed by atoms with Crippen molar-refractivity contribution in [3.63, 3.8) is 0 Å². The molecule has 1 saturated carbocycles. The summed E-state index contributed by atoms with van der Waals surface area (Å²) in [5.74, 6) is -0.358. The molecule has 17 heavy (non-hydrogen) atoms. The van der Waals surface area contributed by atoms with Crippen molar-refractivity contribution in [2.75, 3.05) is 0 Å². The minimum absolute atomic E-state index is 0.0241.